The van der Waals surface area contributed by atoms with E-state index in [4.69, 9.17) is 11.6 Å². The Labute approximate surface area is 137 Å². The molecule has 23 heavy (non-hydrogen) atoms. The summed E-state index contributed by atoms with van der Waals surface area (Å²) in [6.07, 6.45) is 0. The smallest absolute Gasteiger partial charge is 0.265 e. The lowest BCUT2D eigenvalue weighted by molar-refractivity contribution is -0.112. The molecule has 0 saturated heterocycles. The van der Waals surface area contributed by atoms with E-state index in [1.807, 2.05) is 0 Å². The van der Waals surface area contributed by atoms with Crippen molar-refractivity contribution < 1.29 is 22.0 Å². The number of hydrogen-bond donors (Lipinski definition) is 0. The SMILES string of the molecule is CC(C(=O)Cl)N(c1cccc(F)c1)S(=O)(=O)c1ccc(F)cc1. The summed E-state index contributed by atoms with van der Waals surface area (Å²) in [5.74, 6) is -1.28. The Morgan fingerprint density at radius 1 is 1.09 bits per heavy atom. The number of carbonyl (C=O) groups excluding carboxylic acids is 1. The molecule has 2 aromatic rings. The van der Waals surface area contributed by atoms with E-state index in [1.54, 1.807) is 0 Å². The molecule has 2 aromatic carbocycles. The standard InChI is InChI=1S/C15H12ClF2NO3S/c1-10(15(16)20)19(13-4-2-3-12(18)9-13)23(21,22)14-7-5-11(17)6-8-14/h2-10H,1H3. The molecule has 0 aliphatic heterocycles. The third kappa shape index (κ3) is 3.68. The summed E-state index contributed by atoms with van der Waals surface area (Å²) in [6, 6.07) is 7.55. The van der Waals surface area contributed by atoms with Crippen LogP contribution in [0.3, 0.4) is 0 Å². The molecule has 1 unspecified atom stereocenters. The van der Waals surface area contributed by atoms with Gasteiger partial charge in [0, 0.05) is 0 Å². The molecule has 0 amide bonds. The van der Waals surface area contributed by atoms with Gasteiger partial charge in [-0.15, -0.1) is 0 Å². The van der Waals surface area contributed by atoms with Gasteiger partial charge in [-0.2, -0.15) is 0 Å². The Morgan fingerprint density at radius 2 is 1.70 bits per heavy atom. The first kappa shape index (κ1) is 17.4. The molecule has 8 heteroatoms. The highest BCUT2D eigenvalue weighted by molar-refractivity contribution is 7.93. The van der Waals surface area contributed by atoms with E-state index in [9.17, 15) is 22.0 Å². The molecule has 1 atom stereocenters. The van der Waals surface area contributed by atoms with Crippen molar-refractivity contribution in [1.29, 1.82) is 0 Å². The zero-order chi connectivity index (χ0) is 17.2. The number of nitrogens with zero attached hydrogens (tertiary/aromatic N) is 1. The molecule has 0 aliphatic carbocycles. The minimum Gasteiger partial charge on any atom is -0.279 e. The van der Waals surface area contributed by atoms with Crippen molar-refractivity contribution in [2.24, 2.45) is 0 Å². The van der Waals surface area contributed by atoms with Gasteiger partial charge in [-0.05, 0) is 61.0 Å². The van der Waals surface area contributed by atoms with Crippen LogP contribution in [-0.2, 0) is 14.8 Å². The topological polar surface area (TPSA) is 54.5 Å². The van der Waals surface area contributed by atoms with Gasteiger partial charge in [-0.3, -0.25) is 9.10 Å². The van der Waals surface area contributed by atoms with Gasteiger partial charge < -0.3 is 0 Å². The van der Waals surface area contributed by atoms with Crippen molar-refractivity contribution in [1.82, 2.24) is 0 Å². The van der Waals surface area contributed by atoms with Gasteiger partial charge in [0.15, 0.2) is 0 Å². The molecule has 2 rings (SSSR count). The Balaban J connectivity index is 2.61. The number of rotatable bonds is 5. The van der Waals surface area contributed by atoms with Gasteiger partial charge in [0.25, 0.3) is 10.0 Å². The van der Waals surface area contributed by atoms with E-state index in [0.717, 1.165) is 36.4 Å². The molecule has 0 N–H and O–H groups in total. The average Bonchev–Trinajstić information content (AvgIpc) is 2.47. The highest BCUT2D eigenvalue weighted by atomic mass is 35.5. The van der Waals surface area contributed by atoms with Crippen molar-refractivity contribution in [3.05, 3.63) is 60.2 Å². The number of sulfonamides is 1. The molecule has 122 valence electrons. The predicted octanol–water partition coefficient (Wildman–Crippen LogP) is 3.31. The van der Waals surface area contributed by atoms with Gasteiger partial charge in [-0.25, -0.2) is 17.2 Å². The van der Waals surface area contributed by atoms with Gasteiger partial charge in [0.2, 0.25) is 5.24 Å². The maximum atomic E-state index is 13.4. The molecule has 0 aromatic heterocycles. The van der Waals surface area contributed by atoms with Crippen molar-refractivity contribution >= 4 is 32.6 Å². The van der Waals surface area contributed by atoms with Crippen LogP contribution in [0.1, 0.15) is 6.92 Å². The van der Waals surface area contributed by atoms with Gasteiger partial charge in [0.05, 0.1) is 10.6 Å². The third-order valence-corrected chi connectivity index (χ3v) is 5.34. The Kier molecular flexibility index (Phi) is 5.01. The summed E-state index contributed by atoms with van der Waals surface area (Å²) in [6.45, 7) is 1.28. The Morgan fingerprint density at radius 3 is 2.22 bits per heavy atom. The van der Waals surface area contributed by atoms with Crippen LogP contribution in [0, 0.1) is 11.6 Å². The molecule has 0 spiro atoms. The molecule has 0 heterocycles. The summed E-state index contributed by atoms with van der Waals surface area (Å²) in [7, 11) is -4.24. The van der Waals surface area contributed by atoms with Crippen LogP contribution in [0.15, 0.2) is 53.4 Å². The highest BCUT2D eigenvalue weighted by Crippen LogP contribution is 2.27. The largest absolute Gasteiger partial charge is 0.279 e. The number of carbonyl (C=O) groups is 1. The second-order valence-electron chi connectivity index (χ2n) is 4.71. The van der Waals surface area contributed by atoms with Crippen LogP contribution in [0.25, 0.3) is 0 Å². The number of anilines is 1. The zero-order valence-corrected chi connectivity index (χ0v) is 13.5. The van der Waals surface area contributed by atoms with E-state index in [1.165, 1.54) is 19.1 Å². The monoisotopic (exact) mass is 359 g/mol. The lowest BCUT2D eigenvalue weighted by atomic mass is 10.2. The second-order valence-corrected chi connectivity index (χ2v) is 6.90. The minimum absolute atomic E-state index is 0.0594. The fourth-order valence-electron chi connectivity index (χ4n) is 2.00. The second kappa shape index (κ2) is 6.64. The summed E-state index contributed by atoms with van der Waals surface area (Å²) < 4.78 is 52.7. The lowest BCUT2D eigenvalue weighted by Gasteiger charge is -2.28. The zero-order valence-electron chi connectivity index (χ0n) is 11.9. The first-order valence-electron chi connectivity index (χ1n) is 6.48. The average molecular weight is 360 g/mol. The Bertz CT molecular complexity index is 825. The van der Waals surface area contributed by atoms with Gasteiger partial charge in [-0.1, -0.05) is 6.07 Å². The summed E-state index contributed by atoms with van der Waals surface area (Å²) in [5, 5.41) is -0.931. The quantitative estimate of drug-likeness (QED) is 0.769. The van der Waals surface area contributed by atoms with E-state index < -0.39 is 32.9 Å². The van der Waals surface area contributed by atoms with Crippen LogP contribution in [-0.4, -0.2) is 19.7 Å². The van der Waals surface area contributed by atoms with E-state index in [2.05, 4.69) is 0 Å². The first-order chi connectivity index (χ1) is 10.7. The molecule has 0 bridgehead atoms. The van der Waals surface area contributed by atoms with Crippen LogP contribution >= 0.6 is 11.6 Å². The molecule has 0 fully saturated rings. The van der Waals surface area contributed by atoms with Crippen LogP contribution in [0.5, 0.6) is 0 Å². The summed E-state index contributed by atoms with van der Waals surface area (Å²) in [4.78, 5) is 11.2. The van der Waals surface area contributed by atoms with Crippen molar-refractivity contribution in [2.45, 2.75) is 17.9 Å². The molecule has 4 nitrogen and oxygen atoms in total. The number of halogens is 3. The van der Waals surface area contributed by atoms with Gasteiger partial charge in [0.1, 0.15) is 17.7 Å². The first-order valence-corrected chi connectivity index (χ1v) is 8.30. The summed E-state index contributed by atoms with van der Waals surface area (Å²) in [5.41, 5.74) is -0.0594. The van der Waals surface area contributed by atoms with Crippen molar-refractivity contribution in [3.8, 4) is 0 Å². The fraction of sp³-hybridized carbons (Fsp3) is 0.133. The lowest BCUT2D eigenvalue weighted by Crippen LogP contribution is -2.42. The molecule has 0 saturated carbocycles. The minimum atomic E-state index is -4.24. The van der Waals surface area contributed by atoms with E-state index in [-0.39, 0.29) is 10.6 Å². The normalized spacial score (nSPS) is 12.7. The number of benzene rings is 2. The maximum absolute atomic E-state index is 13.4. The highest BCUT2D eigenvalue weighted by Gasteiger charge is 2.32. The van der Waals surface area contributed by atoms with Crippen LogP contribution in [0.2, 0.25) is 0 Å². The third-order valence-electron chi connectivity index (χ3n) is 3.11. The summed E-state index contributed by atoms with van der Waals surface area (Å²) >= 11 is 5.43. The van der Waals surface area contributed by atoms with Crippen molar-refractivity contribution in [2.75, 3.05) is 4.31 Å². The molecule has 0 aliphatic rings. The molecular formula is C15H12ClF2NO3S. The number of hydrogen-bond acceptors (Lipinski definition) is 3. The fourth-order valence-corrected chi connectivity index (χ4v) is 3.76. The van der Waals surface area contributed by atoms with E-state index >= 15 is 0 Å². The predicted molar refractivity (Wildman–Crippen MR) is 82.8 cm³/mol. The van der Waals surface area contributed by atoms with Crippen LogP contribution in [0.4, 0.5) is 14.5 Å². The van der Waals surface area contributed by atoms with Crippen LogP contribution < -0.4 is 4.31 Å². The Hall–Kier alpha value is -1.99. The van der Waals surface area contributed by atoms with Crippen molar-refractivity contribution in [3.63, 3.8) is 0 Å². The molecule has 0 radical (unpaired) electrons. The maximum Gasteiger partial charge on any atom is 0.265 e. The van der Waals surface area contributed by atoms with Gasteiger partial charge >= 0.3 is 0 Å². The van der Waals surface area contributed by atoms with E-state index in [0.29, 0.717) is 4.31 Å². The molecular weight excluding hydrogens is 348 g/mol.